The van der Waals surface area contributed by atoms with E-state index in [0.29, 0.717) is 0 Å². The molecule has 0 saturated heterocycles. The first-order valence-corrected chi connectivity index (χ1v) is 8.83. The van der Waals surface area contributed by atoms with Crippen molar-refractivity contribution >= 4 is 36.4 Å². The lowest BCUT2D eigenvalue weighted by Crippen LogP contribution is -2.55. The molecule has 0 aliphatic rings. The number of aliphatic carboxylic acids is 2. The highest BCUT2D eigenvalue weighted by atomic mass is 32.1. The van der Waals surface area contributed by atoms with Crippen molar-refractivity contribution in [3.63, 3.8) is 0 Å². The molecule has 1 aromatic carbocycles. The lowest BCUT2D eigenvalue weighted by Gasteiger charge is -2.21. The number of amides is 2. The van der Waals surface area contributed by atoms with Gasteiger partial charge in [0.15, 0.2) is 0 Å². The van der Waals surface area contributed by atoms with Crippen LogP contribution in [0.15, 0.2) is 30.3 Å². The highest BCUT2D eigenvalue weighted by molar-refractivity contribution is 7.80. The summed E-state index contributed by atoms with van der Waals surface area (Å²) in [5.41, 5.74) is 6.71. The average molecular weight is 397 g/mol. The van der Waals surface area contributed by atoms with Gasteiger partial charge in [0, 0.05) is 12.2 Å². The van der Waals surface area contributed by atoms with Gasteiger partial charge in [-0.25, -0.2) is 4.79 Å². The van der Waals surface area contributed by atoms with Crippen LogP contribution in [0, 0.1) is 0 Å². The molecule has 0 bridgehead atoms. The van der Waals surface area contributed by atoms with Gasteiger partial charge in [0.2, 0.25) is 11.8 Å². The predicted molar refractivity (Wildman–Crippen MR) is 100 cm³/mol. The molecule has 1 aromatic rings. The van der Waals surface area contributed by atoms with Gasteiger partial charge in [-0.1, -0.05) is 30.3 Å². The molecule has 0 aliphatic heterocycles. The van der Waals surface area contributed by atoms with Gasteiger partial charge in [0.25, 0.3) is 0 Å². The van der Waals surface area contributed by atoms with Crippen LogP contribution in [-0.4, -0.2) is 57.8 Å². The molecule has 10 heteroatoms. The fourth-order valence-corrected chi connectivity index (χ4v) is 2.49. The van der Waals surface area contributed by atoms with Crippen LogP contribution in [0.3, 0.4) is 0 Å². The van der Waals surface area contributed by atoms with E-state index in [4.69, 9.17) is 15.9 Å². The molecular formula is C17H23N3O6S. The highest BCUT2D eigenvalue weighted by Gasteiger charge is 2.27. The second-order valence-electron chi connectivity index (χ2n) is 5.87. The van der Waals surface area contributed by atoms with E-state index >= 15 is 0 Å². The van der Waals surface area contributed by atoms with Crippen LogP contribution >= 0.6 is 12.6 Å². The SMILES string of the molecule is NC(Cc1ccccc1)C(=O)NC(CS)C(=O)NC(CCC(=O)O)C(=O)O. The predicted octanol–water partition coefficient (Wildman–Crippen LogP) is -0.595. The molecule has 0 saturated carbocycles. The number of carboxylic acids is 2. The first kappa shape index (κ1) is 22.5. The molecule has 3 atom stereocenters. The normalized spacial score (nSPS) is 13.9. The van der Waals surface area contributed by atoms with Gasteiger partial charge in [-0.2, -0.15) is 12.6 Å². The average Bonchev–Trinajstić information content (AvgIpc) is 2.62. The number of nitrogens with one attached hydrogen (secondary N) is 2. The maximum atomic E-state index is 12.2. The summed E-state index contributed by atoms with van der Waals surface area (Å²) in [7, 11) is 0. The van der Waals surface area contributed by atoms with Crippen molar-refractivity contribution in [1.29, 1.82) is 0 Å². The van der Waals surface area contributed by atoms with E-state index in [9.17, 15) is 19.2 Å². The maximum Gasteiger partial charge on any atom is 0.326 e. The number of rotatable bonds is 11. The van der Waals surface area contributed by atoms with Gasteiger partial charge in [-0.15, -0.1) is 0 Å². The molecule has 0 fully saturated rings. The van der Waals surface area contributed by atoms with Crippen LogP contribution in [0.1, 0.15) is 18.4 Å². The van der Waals surface area contributed by atoms with Crippen molar-refractivity contribution in [3.8, 4) is 0 Å². The van der Waals surface area contributed by atoms with Gasteiger partial charge in [-0.05, 0) is 18.4 Å². The Bertz CT molecular complexity index is 670. The van der Waals surface area contributed by atoms with Crippen molar-refractivity contribution in [2.45, 2.75) is 37.4 Å². The summed E-state index contributed by atoms with van der Waals surface area (Å²) in [4.78, 5) is 46.2. The zero-order valence-electron chi connectivity index (χ0n) is 14.5. The Morgan fingerprint density at radius 3 is 2.11 bits per heavy atom. The van der Waals surface area contributed by atoms with Crippen LogP contribution in [0.2, 0.25) is 0 Å². The third kappa shape index (κ3) is 8.09. The van der Waals surface area contributed by atoms with Crippen LogP contribution in [0.5, 0.6) is 0 Å². The standard InChI is InChI=1S/C17H23N3O6S/c18-11(8-10-4-2-1-3-5-10)15(23)20-13(9-27)16(24)19-12(17(25)26)6-7-14(21)22/h1-5,11-13,27H,6-9,18H2,(H,19,24)(H,20,23)(H,21,22)(H,25,26). The van der Waals surface area contributed by atoms with Gasteiger partial charge in [0.05, 0.1) is 6.04 Å². The molecule has 0 aromatic heterocycles. The van der Waals surface area contributed by atoms with E-state index in [2.05, 4.69) is 23.3 Å². The first-order valence-electron chi connectivity index (χ1n) is 8.20. The van der Waals surface area contributed by atoms with Crippen LogP contribution in [0.25, 0.3) is 0 Å². The zero-order chi connectivity index (χ0) is 20.4. The number of hydrogen-bond donors (Lipinski definition) is 6. The van der Waals surface area contributed by atoms with Crippen molar-refractivity contribution in [1.82, 2.24) is 10.6 Å². The monoisotopic (exact) mass is 397 g/mol. The van der Waals surface area contributed by atoms with E-state index in [-0.39, 0.29) is 18.6 Å². The molecule has 0 heterocycles. The Morgan fingerprint density at radius 1 is 1.00 bits per heavy atom. The van der Waals surface area contributed by atoms with E-state index in [1.807, 2.05) is 30.3 Å². The third-order valence-electron chi connectivity index (χ3n) is 3.71. The zero-order valence-corrected chi connectivity index (χ0v) is 15.4. The van der Waals surface area contributed by atoms with Gasteiger partial charge < -0.3 is 26.6 Å². The van der Waals surface area contributed by atoms with E-state index in [1.54, 1.807) is 0 Å². The van der Waals surface area contributed by atoms with E-state index in [0.717, 1.165) is 5.56 Å². The quantitative estimate of drug-likeness (QED) is 0.272. The summed E-state index contributed by atoms with van der Waals surface area (Å²) in [6.07, 6.45) is -0.432. The number of carboxylic acid groups (broad SMARTS) is 2. The summed E-state index contributed by atoms with van der Waals surface area (Å²) >= 11 is 4.00. The lowest BCUT2D eigenvalue weighted by molar-refractivity contribution is -0.143. The number of hydrogen-bond acceptors (Lipinski definition) is 6. The topological polar surface area (TPSA) is 159 Å². The largest absolute Gasteiger partial charge is 0.481 e. The lowest BCUT2D eigenvalue weighted by atomic mass is 10.1. The van der Waals surface area contributed by atoms with Crippen LogP contribution in [-0.2, 0) is 25.6 Å². The van der Waals surface area contributed by atoms with Gasteiger partial charge >= 0.3 is 11.9 Å². The molecule has 148 valence electrons. The summed E-state index contributed by atoms with van der Waals surface area (Å²) in [5.74, 6) is -3.98. The number of carbonyl (C=O) groups excluding carboxylic acids is 2. The molecule has 2 amide bonds. The Labute approximate surface area is 161 Å². The minimum absolute atomic E-state index is 0.0824. The van der Waals surface area contributed by atoms with Crippen LogP contribution in [0.4, 0.5) is 0 Å². The Kier molecular flexibility index (Phi) is 9.31. The summed E-state index contributed by atoms with van der Waals surface area (Å²) < 4.78 is 0. The molecule has 27 heavy (non-hydrogen) atoms. The van der Waals surface area contributed by atoms with Crippen molar-refractivity contribution < 1.29 is 29.4 Å². The number of carbonyl (C=O) groups is 4. The minimum atomic E-state index is -1.38. The number of nitrogens with two attached hydrogens (primary N) is 1. The summed E-state index contributed by atoms with van der Waals surface area (Å²) in [6, 6.07) is 5.70. The second kappa shape index (κ2) is 11.2. The highest BCUT2D eigenvalue weighted by Crippen LogP contribution is 2.03. The Hall–Kier alpha value is -2.59. The molecule has 0 radical (unpaired) electrons. The number of benzene rings is 1. The summed E-state index contributed by atoms with van der Waals surface area (Å²) in [5, 5.41) is 22.4. The number of thiol groups is 1. The fraction of sp³-hybridized carbons (Fsp3) is 0.412. The molecule has 3 unspecified atom stereocenters. The molecule has 9 nitrogen and oxygen atoms in total. The molecule has 0 spiro atoms. The minimum Gasteiger partial charge on any atom is -0.481 e. The maximum absolute atomic E-state index is 12.2. The van der Waals surface area contributed by atoms with E-state index < -0.39 is 48.3 Å². The van der Waals surface area contributed by atoms with Crippen molar-refractivity contribution in [3.05, 3.63) is 35.9 Å². The smallest absolute Gasteiger partial charge is 0.326 e. The van der Waals surface area contributed by atoms with Crippen molar-refractivity contribution in [2.75, 3.05) is 5.75 Å². The Morgan fingerprint density at radius 2 is 1.59 bits per heavy atom. The Balaban J connectivity index is 2.64. The third-order valence-corrected chi connectivity index (χ3v) is 4.08. The van der Waals surface area contributed by atoms with Crippen LogP contribution < -0.4 is 16.4 Å². The van der Waals surface area contributed by atoms with E-state index in [1.165, 1.54) is 0 Å². The second-order valence-corrected chi connectivity index (χ2v) is 6.24. The van der Waals surface area contributed by atoms with Crippen molar-refractivity contribution in [2.24, 2.45) is 5.73 Å². The fourth-order valence-electron chi connectivity index (χ4n) is 2.23. The van der Waals surface area contributed by atoms with Gasteiger partial charge in [0.1, 0.15) is 12.1 Å². The molecule has 1 rings (SSSR count). The summed E-state index contributed by atoms with van der Waals surface area (Å²) in [6.45, 7) is 0. The first-order chi connectivity index (χ1) is 12.7. The molecule has 6 N–H and O–H groups in total. The molecular weight excluding hydrogens is 374 g/mol. The molecule has 0 aliphatic carbocycles. The van der Waals surface area contributed by atoms with Gasteiger partial charge in [-0.3, -0.25) is 14.4 Å².